The second kappa shape index (κ2) is 10.3. The van der Waals surface area contributed by atoms with Crippen molar-refractivity contribution in [2.75, 3.05) is 0 Å². The van der Waals surface area contributed by atoms with Crippen LogP contribution < -0.4 is 0 Å². The summed E-state index contributed by atoms with van der Waals surface area (Å²) in [4.78, 5) is 0. The van der Waals surface area contributed by atoms with Crippen LogP contribution in [0.4, 0.5) is 0 Å². The smallest absolute Gasteiger partial charge is 0.0619 e. The molecule has 0 aliphatic heterocycles. The highest BCUT2D eigenvalue weighted by molar-refractivity contribution is 6.14. The van der Waals surface area contributed by atoms with Gasteiger partial charge in [-0.05, 0) is 68.5 Å². The van der Waals surface area contributed by atoms with Crippen LogP contribution in [-0.2, 0) is 5.41 Å². The zero-order valence-corrected chi connectivity index (χ0v) is 26.2. The highest BCUT2D eigenvalue weighted by atomic mass is 15.0. The van der Waals surface area contributed by atoms with E-state index in [0.29, 0.717) is 11.8 Å². The molecule has 2 aliphatic carbocycles. The van der Waals surface area contributed by atoms with Gasteiger partial charge in [-0.2, -0.15) is 0 Å². The molecular formula is C45H35N. The van der Waals surface area contributed by atoms with Crippen molar-refractivity contribution in [3.63, 3.8) is 0 Å². The maximum absolute atomic E-state index is 2.48. The summed E-state index contributed by atoms with van der Waals surface area (Å²) in [5.74, 6) is 0.949. The molecule has 1 heterocycles. The van der Waals surface area contributed by atoms with Gasteiger partial charge in [0.2, 0.25) is 0 Å². The Hall–Kier alpha value is -5.40. The van der Waals surface area contributed by atoms with Gasteiger partial charge in [0, 0.05) is 27.9 Å². The fraction of sp³-hybridized carbons (Fsp3) is 0.111. The molecule has 0 radical (unpaired) electrons. The van der Waals surface area contributed by atoms with E-state index in [0.717, 1.165) is 0 Å². The summed E-state index contributed by atoms with van der Waals surface area (Å²) in [7, 11) is 0. The quantitative estimate of drug-likeness (QED) is 0.192. The normalized spacial score (nSPS) is 17.8. The van der Waals surface area contributed by atoms with E-state index in [-0.39, 0.29) is 5.41 Å². The van der Waals surface area contributed by atoms with Crippen molar-refractivity contribution < 1.29 is 0 Å². The second-order valence-electron chi connectivity index (χ2n) is 13.4. The molecule has 2 atom stereocenters. The first-order valence-electron chi connectivity index (χ1n) is 16.4. The molecule has 0 spiro atoms. The number of para-hydroxylation sites is 2. The molecule has 6 aromatic carbocycles. The molecule has 0 fully saturated rings. The van der Waals surface area contributed by atoms with Crippen LogP contribution in [0.5, 0.6) is 0 Å². The van der Waals surface area contributed by atoms with E-state index in [4.69, 9.17) is 0 Å². The van der Waals surface area contributed by atoms with Crippen molar-refractivity contribution in [3.05, 3.63) is 175 Å². The lowest BCUT2D eigenvalue weighted by atomic mass is 9.74. The molecule has 9 rings (SSSR count). The van der Waals surface area contributed by atoms with Crippen molar-refractivity contribution in [1.29, 1.82) is 0 Å². The SMILES string of the molecule is CC1(C)c2cc(-c3ccccc3-c3cccc4c5ccccc5n(-c5cccc(-c6ccccc6)c5)c34)ccc2C2C=CC=CC21. The van der Waals surface area contributed by atoms with Gasteiger partial charge in [-0.15, -0.1) is 0 Å². The van der Waals surface area contributed by atoms with E-state index in [1.54, 1.807) is 0 Å². The van der Waals surface area contributed by atoms with Crippen molar-refractivity contribution in [2.45, 2.75) is 25.2 Å². The number of hydrogen-bond donors (Lipinski definition) is 0. The maximum atomic E-state index is 2.48. The van der Waals surface area contributed by atoms with Crippen LogP contribution in [0.1, 0.15) is 30.9 Å². The molecule has 7 aromatic rings. The van der Waals surface area contributed by atoms with Gasteiger partial charge in [0.15, 0.2) is 0 Å². The van der Waals surface area contributed by atoms with Crippen LogP contribution in [0.3, 0.4) is 0 Å². The van der Waals surface area contributed by atoms with Gasteiger partial charge < -0.3 is 4.57 Å². The zero-order chi connectivity index (χ0) is 30.8. The fourth-order valence-electron chi connectivity index (χ4n) is 8.27. The maximum Gasteiger partial charge on any atom is 0.0619 e. The molecule has 46 heavy (non-hydrogen) atoms. The Labute approximate surface area is 270 Å². The van der Waals surface area contributed by atoms with Gasteiger partial charge >= 0.3 is 0 Å². The van der Waals surface area contributed by atoms with Crippen LogP contribution in [0.15, 0.2) is 164 Å². The number of benzene rings is 6. The Balaban J connectivity index is 1.27. The average Bonchev–Trinajstić information content (AvgIpc) is 3.57. The molecule has 2 aliphatic rings. The highest BCUT2D eigenvalue weighted by Gasteiger charge is 2.44. The predicted molar refractivity (Wildman–Crippen MR) is 195 cm³/mol. The predicted octanol–water partition coefficient (Wildman–Crippen LogP) is 11.9. The Kier molecular flexibility index (Phi) is 6.05. The monoisotopic (exact) mass is 589 g/mol. The van der Waals surface area contributed by atoms with Gasteiger partial charge in [0.05, 0.1) is 11.0 Å². The largest absolute Gasteiger partial charge is 0.309 e. The first kappa shape index (κ1) is 27.0. The summed E-state index contributed by atoms with van der Waals surface area (Å²) >= 11 is 0. The van der Waals surface area contributed by atoms with Gasteiger partial charge in [-0.3, -0.25) is 0 Å². The van der Waals surface area contributed by atoms with E-state index in [1.807, 2.05) is 0 Å². The first-order valence-corrected chi connectivity index (χ1v) is 16.4. The van der Waals surface area contributed by atoms with Crippen molar-refractivity contribution in [2.24, 2.45) is 5.92 Å². The van der Waals surface area contributed by atoms with Crippen molar-refractivity contribution in [1.82, 2.24) is 4.57 Å². The van der Waals surface area contributed by atoms with Crippen LogP contribution in [0.2, 0.25) is 0 Å². The minimum atomic E-state index is 0.0718. The third-order valence-electron chi connectivity index (χ3n) is 10.5. The van der Waals surface area contributed by atoms with E-state index in [9.17, 15) is 0 Å². The fourth-order valence-corrected chi connectivity index (χ4v) is 8.27. The van der Waals surface area contributed by atoms with Gasteiger partial charge in [0.25, 0.3) is 0 Å². The van der Waals surface area contributed by atoms with Gasteiger partial charge in [-0.25, -0.2) is 0 Å². The summed E-state index contributed by atoms with van der Waals surface area (Å²) in [6.07, 6.45) is 9.23. The lowest BCUT2D eigenvalue weighted by Gasteiger charge is -2.29. The summed E-state index contributed by atoms with van der Waals surface area (Å²) in [6, 6.07) is 51.4. The second-order valence-corrected chi connectivity index (χ2v) is 13.4. The van der Waals surface area contributed by atoms with Crippen molar-refractivity contribution >= 4 is 21.8 Å². The van der Waals surface area contributed by atoms with Crippen LogP contribution in [-0.4, -0.2) is 4.57 Å². The van der Waals surface area contributed by atoms with Gasteiger partial charge in [-0.1, -0.05) is 159 Å². The van der Waals surface area contributed by atoms with Crippen LogP contribution in [0.25, 0.3) is 60.9 Å². The lowest BCUT2D eigenvalue weighted by Crippen LogP contribution is -2.24. The number of allylic oxidation sites excluding steroid dienone is 4. The third-order valence-corrected chi connectivity index (χ3v) is 10.5. The number of aromatic nitrogens is 1. The number of rotatable bonds is 4. The van der Waals surface area contributed by atoms with E-state index in [2.05, 4.69) is 182 Å². The molecule has 0 saturated heterocycles. The average molecular weight is 590 g/mol. The molecular weight excluding hydrogens is 555 g/mol. The molecule has 1 heteroatoms. The summed E-state index contributed by atoms with van der Waals surface area (Å²) < 4.78 is 2.47. The molecule has 0 saturated carbocycles. The summed E-state index contributed by atoms with van der Waals surface area (Å²) in [5, 5.41) is 2.54. The number of fused-ring (bicyclic) bond motifs is 6. The molecule has 1 aromatic heterocycles. The van der Waals surface area contributed by atoms with Crippen LogP contribution in [0, 0.1) is 5.92 Å². The highest BCUT2D eigenvalue weighted by Crippen LogP contribution is 2.54. The van der Waals surface area contributed by atoms with E-state index >= 15 is 0 Å². The molecule has 0 amide bonds. The molecule has 2 unspecified atom stereocenters. The molecule has 0 N–H and O–H groups in total. The lowest BCUT2D eigenvalue weighted by molar-refractivity contribution is 0.394. The first-order chi connectivity index (χ1) is 22.6. The Morgan fingerprint density at radius 3 is 2.11 bits per heavy atom. The summed E-state index contributed by atoms with van der Waals surface area (Å²) in [5.41, 5.74) is 14.1. The molecule has 1 nitrogen and oxygen atoms in total. The molecule has 220 valence electrons. The third kappa shape index (κ3) is 4.01. The Bertz CT molecular complexity index is 2350. The zero-order valence-electron chi connectivity index (χ0n) is 26.2. The van der Waals surface area contributed by atoms with Gasteiger partial charge in [0.1, 0.15) is 0 Å². The number of nitrogens with zero attached hydrogens (tertiary/aromatic N) is 1. The topological polar surface area (TPSA) is 4.93 Å². The Morgan fingerprint density at radius 1 is 0.522 bits per heavy atom. The minimum Gasteiger partial charge on any atom is -0.309 e. The minimum absolute atomic E-state index is 0.0718. The Morgan fingerprint density at radius 2 is 1.22 bits per heavy atom. The summed E-state index contributed by atoms with van der Waals surface area (Å²) in [6.45, 7) is 4.83. The van der Waals surface area contributed by atoms with E-state index < -0.39 is 0 Å². The standard InChI is InChI=1S/C45H35N/c1-45(2)41-24-10-8-20-36(41)37-27-26-32(29-42(37)45)34-18-6-7-19-35(34)39-22-13-23-40-38-21-9-11-25-43(38)46(44(39)40)33-17-12-16-31(28-33)30-14-4-3-5-15-30/h3-29,36,41H,1-2H3. The van der Waals surface area contributed by atoms with Crippen molar-refractivity contribution in [3.8, 4) is 39.1 Å². The molecule has 0 bridgehead atoms. The number of hydrogen-bond acceptors (Lipinski definition) is 0. The van der Waals surface area contributed by atoms with E-state index in [1.165, 1.54) is 72.0 Å². The van der Waals surface area contributed by atoms with Crippen LogP contribution >= 0.6 is 0 Å².